The van der Waals surface area contributed by atoms with Crippen LogP contribution in [0.2, 0.25) is 0 Å². The van der Waals surface area contributed by atoms with Crippen molar-refractivity contribution in [3.63, 3.8) is 0 Å². The van der Waals surface area contributed by atoms with Crippen LogP contribution in [0, 0.1) is 0 Å². The van der Waals surface area contributed by atoms with Gasteiger partial charge in [0.2, 0.25) is 0 Å². The molecule has 104 valence electrons. The third-order valence-electron chi connectivity index (χ3n) is 3.36. The number of carboxylic acids is 1. The molecule has 2 rings (SSSR count). The number of benzene rings is 1. The number of phenols is 1. The number of aliphatic carboxylic acids is 1. The average Bonchev–Trinajstić information content (AvgIpc) is 2.82. The van der Waals surface area contributed by atoms with Crippen LogP contribution in [-0.2, 0) is 11.3 Å². The molecule has 0 bridgehead atoms. The van der Waals surface area contributed by atoms with Gasteiger partial charge in [0, 0.05) is 6.54 Å². The fourth-order valence-electron chi connectivity index (χ4n) is 2.46. The predicted octanol–water partition coefficient (Wildman–Crippen LogP) is 1.84. The number of likely N-dealkylation sites (tertiary alicyclic amines) is 1. The van der Waals surface area contributed by atoms with Crippen molar-refractivity contribution < 1.29 is 19.7 Å². The summed E-state index contributed by atoms with van der Waals surface area (Å²) < 4.78 is 5.33. The van der Waals surface area contributed by atoms with E-state index in [9.17, 15) is 9.90 Å². The molecule has 1 fully saturated rings. The molecule has 1 aliphatic rings. The molecule has 0 aliphatic carbocycles. The molecule has 1 saturated heterocycles. The van der Waals surface area contributed by atoms with Crippen molar-refractivity contribution in [3.8, 4) is 11.5 Å². The number of rotatable bonds is 5. The largest absolute Gasteiger partial charge is 0.504 e. The van der Waals surface area contributed by atoms with Crippen molar-refractivity contribution in [2.75, 3.05) is 13.2 Å². The maximum Gasteiger partial charge on any atom is 0.320 e. The Bertz CT molecular complexity index is 461. The number of ether oxygens (including phenoxy) is 1. The lowest BCUT2D eigenvalue weighted by Crippen LogP contribution is -2.35. The molecule has 19 heavy (non-hydrogen) atoms. The summed E-state index contributed by atoms with van der Waals surface area (Å²) in [6, 6.07) is 4.77. The Hall–Kier alpha value is -1.75. The van der Waals surface area contributed by atoms with E-state index in [1.807, 2.05) is 11.8 Å². The van der Waals surface area contributed by atoms with Gasteiger partial charge in [-0.05, 0) is 44.0 Å². The van der Waals surface area contributed by atoms with Crippen molar-refractivity contribution in [2.24, 2.45) is 0 Å². The summed E-state index contributed by atoms with van der Waals surface area (Å²) in [7, 11) is 0. The van der Waals surface area contributed by atoms with Crippen LogP contribution in [0.4, 0.5) is 0 Å². The quantitative estimate of drug-likeness (QED) is 0.850. The lowest BCUT2D eigenvalue weighted by atomic mass is 10.1. The van der Waals surface area contributed by atoms with Gasteiger partial charge in [-0.3, -0.25) is 9.69 Å². The molecular formula is C14H19NO4. The second kappa shape index (κ2) is 5.93. The highest BCUT2D eigenvalue weighted by Gasteiger charge is 2.30. The van der Waals surface area contributed by atoms with Gasteiger partial charge < -0.3 is 14.9 Å². The molecule has 0 amide bonds. The molecule has 5 nitrogen and oxygen atoms in total. The highest BCUT2D eigenvalue weighted by atomic mass is 16.5. The second-order valence-electron chi connectivity index (χ2n) is 4.70. The average molecular weight is 265 g/mol. The van der Waals surface area contributed by atoms with E-state index < -0.39 is 12.0 Å². The Morgan fingerprint density at radius 1 is 1.53 bits per heavy atom. The summed E-state index contributed by atoms with van der Waals surface area (Å²) in [5.41, 5.74) is 0.953. The van der Waals surface area contributed by atoms with Crippen LogP contribution < -0.4 is 4.74 Å². The summed E-state index contributed by atoms with van der Waals surface area (Å²) in [4.78, 5) is 13.1. The monoisotopic (exact) mass is 265 g/mol. The Morgan fingerprint density at radius 2 is 2.32 bits per heavy atom. The van der Waals surface area contributed by atoms with E-state index >= 15 is 0 Å². The van der Waals surface area contributed by atoms with E-state index in [0.717, 1.165) is 18.5 Å². The summed E-state index contributed by atoms with van der Waals surface area (Å²) >= 11 is 0. The van der Waals surface area contributed by atoms with Crippen LogP contribution in [0.1, 0.15) is 25.3 Å². The third-order valence-corrected chi connectivity index (χ3v) is 3.36. The van der Waals surface area contributed by atoms with Crippen LogP contribution in [0.3, 0.4) is 0 Å². The number of carbonyl (C=O) groups is 1. The van der Waals surface area contributed by atoms with Gasteiger partial charge in [0.25, 0.3) is 0 Å². The molecule has 5 heteroatoms. The fourth-order valence-corrected chi connectivity index (χ4v) is 2.46. The van der Waals surface area contributed by atoms with Crippen LogP contribution in [0.25, 0.3) is 0 Å². The first-order valence-corrected chi connectivity index (χ1v) is 6.53. The van der Waals surface area contributed by atoms with E-state index in [2.05, 4.69) is 0 Å². The second-order valence-corrected chi connectivity index (χ2v) is 4.70. The Morgan fingerprint density at radius 3 is 3.00 bits per heavy atom. The zero-order valence-electron chi connectivity index (χ0n) is 11.0. The summed E-state index contributed by atoms with van der Waals surface area (Å²) in [6.07, 6.45) is 1.61. The minimum Gasteiger partial charge on any atom is -0.504 e. The minimum absolute atomic E-state index is 0.113. The molecule has 0 aromatic heterocycles. The normalized spacial score (nSPS) is 19.5. The van der Waals surface area contributed by atoms with Crippen LogP contribution in [-0.4, -0.2) is 40.3 Å². The van der Waals surface area contributed by atoms with E-state index in [0.29, 0.717) is 25.3 Å². The highest BCUT2D eigenvalue weighted by molar-refractivity contribution is 5.73. The Kier molecular flexibility index (Phi) is 4.27. The number of nitrogens with zero attached hydrogens (tertiary/aromatic N) is 1. The molecule has 1 aliphatic heterocycles. The predicted molar refractivity (Wildman–Crippen MR) is 70.3 cm³/mol. The number of aromatic hydroxyl groups is 1. The van der Waals surface area contributed by atoms with Gasteiger partial charge in [-0.15, -0.1) is 0 Å². The first kappa shape index (κ1) is 13.7. The van der Waals surface area contributed by atoms with Crippen LogP contribution in [0.15, 0.2) is 18.2 Å². The molecule has 0 spiro atoms. The summed E-state index contributed by atoms with van der Waals surface area (Å²) in [5.74, 6) is -0.200. The van der Waals surface area contributed by atoms with E-state index in [1.165, 1.54) is 0 Å². The number of phenolic OH excluding ortho intramolecular Hbond substituents is 1. The fraction of sp³-hybridized carbons (Fsp3) is 0.500. The zero-order valence-corrected chi connectivity index (χ0v) is 11.0. The lowest BCUT2D eigenvalue weighted by Gasteiger charge is -2.21. The van der Waals surface area contributed by atoms with Crippen molar-refractivity contribution in [3.05, 3.63) is 23.8 Å². The smallest absolute Gasteiger partial charge is 0.320 e. The van der Waals surface area contributed by atoms with Crippen LogP contribution in [0.5, 0.6) is 11.5 Å². The van der Waals surface area contributed by atoms with E-state index in [4.69, 9.17) is 9.84 Å². The molecule has 1 aromatic rings. The van der Waals surface area contributed by atoms with Crippen molar-refractivity contribution in [1.29, 1.82) is 0 Å². The SMILES string of the molecule is CCOc1cc(CN2CCCC2C(=O)O)ccc1O. The molecule has 1 heterocycles. The van der Waals surface area contributed by atoms with Gasteiger partial charge in [-0.1, -0.05) is 6.07 Å². The lowest BCUT2D eigenvalue weighted by molar-refractivity contribution is -0.142. The van der Waals surface area contributed by atoms with Gasteiger partial charge in [0.1, 0.15) is 6.04 Å². The van der Waals surface area contributed by atoms with Crippen molar-refractivity contribution >= 4 is 5.97 Å². The maximum atomic E-state index is 11.1. The molecule has 0 radical (unpaired) electrons. The molecule has 0 saturated carbocycles. The van der Waals surface area contributed by atoms with Gasteiger partial charge in [0.15, 0.2) is 11.5 Å². The first-order chi connectivity index (χ1) is 9.11. The maximum absolute atomic E-state index is 11.1. The standard InChI is InChI=1S/C14H19NO4/c1-2-19-13-8-10(5-6-12(13)16)9-15-7-3-4-11(15)14(17)18/h5-6,8,11,16H,2-4,7,9H2,1H3,(H,17,18). The minimum atomic E-state index is -0.763. The Balaban J connectivity index is 2.10. The molecule has 1 aromatic carbocycles. The molecule has 2 N–H and O–H groups in total. The summed E-state index contributed by atoms with van der Waals surface area (Å²) in [5, 5.41) is 18.8. The number of hydrogen-bond donors (Lipinski definition) is 2. The third kappa shape index (κ3) is 3.17. The van der Waals surface area contributed by atoms with Crippen LogP contribution >= 0.6 is 0 Å². The highest BCUT2D eigenvalue weighted by Crippen LogP contribution is 2.28. The Labute approximate surface area is 112 Å². The van der Waals surface area contributed by atoms with Crippen molar-refractivity contribution in [2.45, 2.75) is 32.4 Å². The first-order valence-electron chi connectivity index (χ1n) is 6.53. The van der Waals surface area contributed by atoms with Gasteiger partial charge >= 0.3 is 5.97 Å². The molecule has 1 unspecified atom stereocenters. The van der Waals surface area contributed by atoms with Gasteiger partial charge in [-0.2, -0.15) is 0 Å². The summed E-state index contributed by atoms with van der Waals surface area (Å²) in [6.45, 7) is 3.70. The van der Waals surface area contributed by atoms with Gasteiger partial charge in [0.05, 0.1) is 6.61 Å². The van der Waals surface area contributed by atoms with Crippen molar-refractivity contribution in [1.82, 2.24) is 4.90 Å². The number of hydrogen-bond acceptors (Lipinski definition) is 4. The van der Waals surface area contributed by atoms with E-state index in [-0.39, 0.29) is 5.75 Å². The zero-order chi connectivity index (χ0) is 13.8. The number of carboxylic acid groups (broad SMARTS) is 1. The molecular weight excluding hydrogens is 246 g/mol. The molecule has 1 atom stereocenters. The van der Waals surface area contributed by atoms with Gasteiger partial charge in [-0.25, -0.2) is 0 Å². The topological polar surface area (TPSA) is 70.0 Å². The van der Waals surface area contributed by atoms with E-state index in [1.54, 1.807) is 18.2 Å².